The lowest BCUT2D eigenvalue weighted by atomic mass is 9.95. The summed E-state index contributed by atoms with van der Waals surface area (Å²) in [4.78, 5) is 0. The average molecular weight is 285 g/mol. The van der Waals surface area contributed by atoms with E-state index in [1.165, 1.54) is 24.0 Å². The Labute approximate surface area is 107 Å². The van der Waals surface area contributed by atoms with Crippen LogP contribution < -0.4 is 4.74 Å². The number of hydrogen-bond donors (Lipinski definition) is 0. The van der Waals surface area contributed by atoms with Crippen molar-refractivity contribution >= 4 is 15.9 Å². The van der Waals surface area contributed by atoms with Crippen molar-refractivity contribution in [3.63, 3.8) is 0 Å². The van der Waals surface area contributed by atoms with Gasteiger partial charge in [0.1, 0.15) is 5.75 Å². The molecule has 0 N–H and O–H groups in total. The molecule has 0 aliphatic rings. The van der Waals surface area contributed by atoms with Gasteiger partial charge in [0.05, 0.1) is 7.11 Å². The quantitative estimate of drug-likeness (QED) is 0.706. The Kier molecular flexibility index (Phi) is 5.89. The topological polar surface area (TPSA) is 9.23 Å². The molecule has 0 radical (unpaired) electrons. The number of rotatable bonds is 6. The standard InChI is InChI=1S/C14H21BrO/c1-4-5-12(10-15)9-13-8-11(2)6-7-14(13)16-3/h6-8,12H,4-5,9-10H2,1-3H3. The zero-order valence-corrected chi connectivity index (χ0v) is 12.0. The Hall–Kier alpha value is -0.500. The van der Waals surface area contributed by atoms with Crippen LogP contribution in [0, 0.1) is 12.8 Å². The van der Waals surface area contributed by atoms with E-state index in [1.54, 1.807) is 7.11 Å². The van der Waals surface area contributed by atoms with Crippen molar-refractivity contribution in [1.29, 1.82) is 0 Å². The van der Waals surface area contributed by atoms with Gasteiger partial charge in [0, 0.05) is 5.33 Å². The van der Waals surface area contributed by atoms with E-state index in [2.05, 4.69) is 48.0 Å². The first-order valence-corrected chi connectivity index (χ1v) is 7.02. The highest BCUT2D eigenvalue weighted by molar-refractivity contribution is 9.09. The lowest BCUT2D eigenvalue weighted by molar-refractivity contribution is 0.404. The Morgan fingerprint density at radius 2 is 2.12 bits per heavy atom. The number of halogens is 1. The second kappa shape index (κ2) is 6.95. The molecule has 16 heavy (non-hydrogen) atoms. The van der Waals surface area contributed by atoms with Gasteiger partial charge in [0.15, 0.2) is 0 Å². The zero-order valence-electron chi connectivity index (χ0n) is 10.4. The van der Waals surface area contributed by atoms with Crippen LogP contribution in [0.25, 0.3) is 0 Å². The molecule has 0 spiro atoms. The summed E-state index contributed by atoms with van der Waals surface area (Å²) < 4.78 is 5.41. The third-order valence-electron chi connectivity index (χ3n) is 2.86. The van der Waals surface area contributed by atoms with E-state index in [0.29, 0.717) is 5.92 Å². The van der Waals surface area contributed by atoms with E-state index in [9.17, 15) is 0 Å². The smallest absolute Gasteiger partial charge is 0.122 e. The maximum absolute atomic E-state index is 5.41. The van der Waals surface area contributed by atoms with E-state index in [-0.39, 0.29) is 0 Å². The van der Waals surface area contributed by atoms with E-state index in [1.807, 2.05) is 0 Å². The Morgan fingerprint density at radius 3 is 2.69 bits per heavy atom. The fourth-order valence-electron chi connectivity index (χ4n) is 2.02. The van der Waals surface area contributed by atoms with Gasteiger partial charge in [-0.15, -0.1) is 0 Å². The third kappa shape index (κ3) is 3.82. The number of ether oxygens (including phenoxy) is 1. The van der Waals surface area contributed by atoms with E-state index >= 15 is 0 Å². The number of benzene rings is 1. The maximum Gasteiger partial charge on any atom is 0.122 e. The molecule has 2 heteroatoms. The zero-order chi connectivity index (χ0) is 12.0. The molecular weight excluding hydrogens is 264 g/mol. The minimum Gasteiger partial charge on any atom is -0.496 e. The maximum atomic E-state index is 5.41. The molecule has 0 saturated carbocycles. The van der Waals surface area contributed by atoms with Crippen molar-refractivity contribution in [3.8, 4) is 5.75 Å². The van der Waals surface area contributed by atoms with Gasteiger partial charge in [0.25, 0.3) is 0 Å². The van der Waals surface area contributed by atoms with Crippen molar-refractivity contribution in [3.05, 3.63) is 29.3 Å². The van der Waals surface area contributed by atoms with Gasteiger partial charge in [-0.2, -0.15) is 0 Å². The van der Waals surface area contributed by atoms with Gasteiger partial charge in [-0.25, -0.2) is 0 Å². The molecular formula is C14H21BrO. The first-order chi connectivity index (χ1) is 7.71. The molecule has 0 amide bonds. The summed E-state index contributed by atoms with van der Waals surface area (Å²) in [5, 5.41) is 1.07. The Morgan fingerprint density at radius 1 is 1.38 bits per heavy atom. The van der Waals surface area contributed by atoms with Crippen LogP contribution in [0.15, 0.2) is 18.2 Å². The molecule has 0 fully saturated rings. The van der Waals surface area contributed by atoms with E-state index < -0.39 is 0 Å². The second-order valence-corrected chi connectivity index (χ2v) is 4.98. The van der Waals surface area contributed by atoms with Gasteiger partial charge in [-0.1, -0.05) is 47.0 Å². The minimum absolute atomic E-state index is 0.709. The van der Waals surface area contributed by atoms with Crippen LogP contribution >= 0.6 is 15.9 Å². The van der Waals surface area contributed by atoms with Crippen LogP contribution in [0.4, 0.5) is 0 Å². The molecule has 0 aliphatic heterocycles. The molecule has 0 aromatic heterocycles. The number of hydrogen-bond acceptors (Lipinski definition) is 1. The van der Waals surface area contributed by atoms with Crippen LogP contribution in [0.3, 0.4) is 0 Å². The van der Waals surface area contributed by atoms with E-state index in [0.717, 1.165) is 17.5 Å². The van der Waals surface area contributed by atoms with Gasteiger partial charge in [-0.3, -0.25) is 0 Å². The molecule has 0 heterocycles. The largest absolute Gasteiger partial charge is 0.496 e. The molecule has 1 aromatic rings. The highest BCUT2D eigenvalue weighted by atomic mass is 79.9. The number of alkyl halides is 1. The summed E-state index contributed by atoms with van der Waals surface area (Å²) in [6.45, 7) is 4.37. The van der Waals surface area contributed by atoms with Crippen molar-refractivity contribution < 1.29 is 4.74 Å². The first kappa shape index (κ1) is 13.6. The fraction of sp³-hybridized carbons (Fsp3) is 0.571. The molecule has 1 atom stereocenters. The van der Waals surface area contributed by atoms with Gasteiger partial charge < -0.3 is 4.74 Å². The van der Waals surface area contributed by atoms with Gasteiger partial charge in [-0.05, 0) is 37.3 Å². The van der Waals surface area contributed by atoms with E-state index in [4.69, 9.17) is 4.74 Å². The molecule has 1 aromatic carbocycles. The molecule has 1 rings (SSSR count). The molecule has 90 valence electrons. The first-order valence-electron chi connectivity index (χ1n) is 5.90. The predicted octanol–water partition coefficient (Wildman–Crippen LogP) is 4.36. The highest BCUT2D eigenvalue weighted by Gasteiger charge is 2.11. The highest BCUT2D eigenvalue weighted by Crippen LogP contribution is 2.25. The lowest BCUT2D eigenvalue weighted by Crippen LogP contribution is -2.07. The summed E-state index contributed by atoms with van der Waals surface area (Å²) in [5.41, 5.74) is 2.64. The van der Waals surface area contributed by atoms with Crippen molar-refractivity contribution in [2.45, 2.75) is 33.1 Å². The summed E-state index contributed by atoms with van der Waals surface area (Å²) in [6, 6.07) is 6.41. The van der Waals surface area contributed by atoms with Crippen LogP contribution in [0.1, 0.15) is 30.9 Å². The van der Waals surface area contributed by atoms with Crippen LogP contribution in [0.2, 0.25) is 0 Å². The molecule has 1 unspecified atom stereocenters. The normalized spacial score (nSPS) is 12.5. The Balaban J connectivity index is 2.80. The minimum atomic E-state index is 0.709. The summed E-state index contributed by atoms with van der Waals surface area (Å²) in [5.74, 6) is 1.73. The van der Waals surface area contributed by atoms with Crippen molar-refractivity contribution in [2.75, 3.05) is 12.4 Å². The van der Waals surface area contributed by atoms with Crippen LogP contribution in [-0.2, 0) is 6.42 Å². The second-order valence-electron chi connectivity index (χ2n) is 4.33. The summed E-state index contributed by atoms with van der Waals surface area (Å²) in [7, 11) is 1.75. The van der Waals surface area contributed by atoms with Crippen molar-refractivity contribution in [1.82, 2.24) is 0 Å². The monoisotopic (exact) mass is 284 g/mol. The summed E-state index contributed by atoms with van der Waals surface area (Å²) >= 11 is 3.60. The molecule has 0 saturated heterocycles. The van der Waals surface area contributed by atoms with Crippen LogP contribution in [-0.4, -0.2) is 12.4 Å². The Bertz CT molecular complexity index is 323. The number of methoxy groups -OCH3 is 1. The SMILES string of the molecule is CCCC(CBr)Cc1cc(C)ccc1OC. The summed E-state index contributed by atoms with van der Waals surface area (Å²) in [6.07, 6.45) is 3.61. The van der Waals surface area contributed by atoms with Gasteiger partial charge >= 0.3 is 0 Å². The molecule has 0 bridgehead atoms. The number of aryl methyl sites for hydroxylation is 1. The molecule has 0 aliphatic carbocycles. The predicted molar refractivity (Wildman–Crippen MR) is 73.6 cm³/mol. The molecule has 1 nitrogen and oxygen atoms in total. The lowest BCUT2D eigenvalue weighted by Gasteiger charge is -2.15. The average Bonchev–Trinajstić information content (AvgIpc) is 2.29. The van der Waals surface area contributed by atoms with Crippen molar-refractivity contribution in [2.24, 2.45) is 5.92 Å². The fourth-order valence-corrected chi connectivity index (χ4v) is 2.57. The van der Waals surface area contributed by atoms with Crippen LogP contribution in [0.5, 0.6) is 5.75 Å². The van der Waals surface area contributed by atoms with Gasteiger partial charge in [0.2, 0.25) is 0 Å². The third-order valence-corrected chi connectivity index (χ3v) is 3.78.